The fourth-order valence-corrected chi connectivity index (χ4v) is 1.63. The highest BCUT2D eigenvalue weighted by Gasteiger charge is 2.05. The Morgan fingerprint density at radius 1 is 0.947 bits per heavy atom. The first-order chi connectivity index (χ1) is 9.28. The molecule has 3 nitrogen and oxygen atoms in total. The molecular weight excluding hydrogens is 240 g/mol. The van der Waals surface area contributed by atoms with Gasteiger partial charge in [0, 0.05) is 0 Å². The lowest BCUT2D eigenvalue weighted by Gasteiger charge is -2.06. The molecule has 0 bridgehead atoms. The SMILES string of the molecule is CCc1ccc(COC(=O)Oc2ccccc2)cc1. The van der Waals surface area contributed by atoms with Crippen LogP contribution >= 0.6 is 0 Å². The van der Waals surface area contributed by atoms with Gasteiger partial charge in [0.1, 0.15) is 12.4 Å². The number of ether oxygens (including phenoxy) is 2. The zero-order valence-electron chi connectivity index (χ0n) is 10.8. The number of rotatable bonds is 4. The summed E-state index contributed by atoms with van der Waals surface area (Å²) in [4.78, 5) is 11.5. The highest BCUT2D eigenvalue weighted by molar-refractivity contribution is 5.63. The largest absolute Gasteiger partial charge is 0.514 e. The van der Waals surface area contributed by atoms with Crippen molar-refractivity contribution in [3.63, 3.8) is 0 Å². The van der Waals surface area contributed by atoms with E-state index in [0.29, 0.717) is 5.75 Å². The fraction of sp³-hybridized carbons (Fsp3) is 0.188. The van der Waals surface area contributed by atoms with Crippen molar-refractivity contribution in [3.8, 4) is 5.75 Å². The zero-order valence-corrected chi connectivity index (χ0v) is 10.8. The van der Waals surface area contributed by atoms with E-state index in [1.54, 1.807) is 24.3 Å². The number of hydrogen-bond acceptors (Lipinski definition) is 3. The van der Waals surface area contributed by atoms with Crippen LogP contribution in [-0.2, 0) is 17.8 Å². The quantitative estimate of drug-likeness (QED) is 0.613. The summed E-state index contributed by atoms with van der Waals surface area (Å²) in [7, 11) is 0. The van der Waals surface area contributed by atoms with Crippen LogP contribution < -0.4 is 4.74 Å². The van der Waals surface area contributed by atoms with E-state index in [-0.39, 0.29) is 6.61 Å². The molecule has 2 aromatic rings. The van der Waals surface area contributed by atoms with E-state index in [1.165, 1.54) is 5.56 Å². The van der Waals surface area contributed by atoms with Crippen LogP contribution in [0.1, 0.15) is 18.1 Å². The number of carbonyl (C=O) groups excluding carboxylic acids is 1. The minimum Gasteiger partial charge on any atom is -0.429 e. The van der Waals surface area contributed by atoms with Crippen LogP contribution in [0.15, 0.2) is 54.6 Å². The summed E-state index contributed by atoms with van der Waals surface area (Å²) in [5.74, 6) is 0.480. The van der Waals surface area contributed by atoms with E-state index in [9.17, 15) is 4.79 Å². The van der Waals surface area contributed by atoms with Gasteiger partial charge in [0.15, 0.2) is 0 Å². The highest BCUT2D eigenvalue weighted by Crippen LogP contribution is 2.11. The van der Waals surface area contributed by atoms with Gasteiger partial charge >= 0.3 is 6.16 Å². The van der Waals surface area contributed by atoms with Gasteiger partial charge in [-0.3, -0.25) is 0 Å². The monoisotopic (exact) mass is 256 g/mol. The molecule has 0 heterocycles. The molecule has 0 N–H and O–H groups in total. The molecule has 19 heavy (non-hydrogen) atoms. The van der Waals surface area contributed by atoms with Crippen LogP contribution in [0.4, 0.5) is 4.79 Å². The number of carbonyl (C=O) groups is 1. The molecule has 0 saturated heterocycles. The Hall–Kier alpha value is -2.29. The minimum absolute atomic E-state index is 0.218. The van der Waals surface area contributed by atoms with Crippen molar-refractivity contribution < 1.29 is 14.3 Å². The zero-order chi connectivity index (χ0) is 13.5. The number of para-hydroxylation sites is 1. The Labute approximate surface area is 112 Å². The van der Waals surface area contributed by atoms with Crippen LogP contribution in [0.3, 0.4) is 0 Å². The summed E-state index contributed by atoms with van der Waals surface area (Å²) in [5, 5.41) is 0. The second-order valence-corrected chi connectivity index (χ2v) is 4.12. The van der Waals surface area contributed by atoms with Crippen molar-refractivity contribution >= 4 is 6.16 Å². The fourth-order valence-electron chi connectivity index (χ4n) is 1.63. The third-order valence-electron chi connectivity index (χ3n) is 2.73. The summed E-state index contributed by atoms with van der Waals surface area (Å²) in [6.07, 6.45) is 0.308. The van der Waals surface area contributed by atoms with E-state index < -0.39 is 6.16 Å². The van der Waals surface area contributed by atoms with E-state index in [2.05, 4.69) is 6.92 Å². The predicted molar refractivity (Wildman–Crippen MR) is 73.1 cm³/mol. The molecule has 0 fully saturated rings. The van der Waals surface area contributed by atoms with Crippen molar-refractivity contribution in [3.05, 3.63) is 65.7 Å². The van der Waals surface area contributed by atoms with Crippen molar-refractivity contribution in [1.29, 1.82) is 0 Å². The standard InChI is InChI=1S/C16H16O3/c1-2-13-8-10-14(11-9-13)12-18-16(17)19-15-6-4-3-5-7-15/h3-11H,2,12H2,1H3. The third kappa shape index (κ3) is 4.14. The van der Waals surface area contributed by atoms with Gasteiger partial charge in [-0.15, -0.1) is 0 Å². The van der Waals surface area contributed by atoms with Crippen molar-refractivity contribution in [2.75, 3.05) is 0 Å². The molecule has 0 saturated carbocycles. The maximum absolute atomic E-state index is 11.5. The predicted octanol–water partition coefficient (Wildman–Crippen LogP) is 3.96. The van der Waals surface area contributed by atoms with E-state index >= 15 is 0 Å². The van der Waals surface area contributed by atoms with Gasteiger partial charge < -0.3 is 9.47 Å². The second-order valence-electron chi connectivity index (χ2n) is 4.12. The molecule has 2 aromatic carbocycles. The number of aryl methyl sites for hydroxylation is 1. The lowest BCUT2D eigenvalue weighted by atomic mass is 10.1. The molecule has 0 atom stereocenters. The van der Waals surface area contributed by atoms with Crippen LogP contribution in [0, 0.1) is 0 Å². The van der Waals surface area contributed by atoms with Crippen LogP contribution in [0.2, 0.25) is 0 Å². The molecule has 2 rings (SSSR count). The Morgan fingerprint density at radius 3 is 2.21 bits per heavy atom. The van der Waals surface area contributed by atoms with Gasteiger partial charge in [-0.05, 0) is 29.7 Å². The molecular formula is C16H16O3. The van der Waals surface area contributed by atoms with Crippen molar-refractivity contribution in [2.24, 2.45) is 0 Å². The third-order valence-corrected chi connectivity index (χ3v) is 2.73. The summed E-state index contributed by atoms with van der Waals surface area (Å²) in [5.41, 5.74) is 2.21. The normalized spacial score (nSPS) is 9.95. The molecule has 0 aliphatic carbocycles. The molecule has 0 aliphatic rings. The first-order valence-electron chi connectivity index (χ1n) is 6.25. The first-order valence-corrected chi connectivity index (χ1v) is 6.25. The van der Waals surface area contributed by atoms with Crippen LogP contribution in [0.5, 0.6) is 5.75 Å². The molecule has 0 amide bonds. The van der Waals surface area contributed by atoms with Gasteiger partial charge in [0.25, 0.3) is 0 Å². The number of hydrogen-bond donors (Lipinski definition) is 0. The molecule has 3 heteroatoms. The Morgan fingerprint density at radius 2 is 1.58 bits per heavy atom. The summed E-state index contributed by atoms with van der Waals surface area (Å²) in [6.45, 7) is 2.32. The van der Waals surface area contributed by atoms with Crippen molar-refractivity contribution in [2.45, 2.75) is 20.0 Å². The molecule has 98 valence electrons. The van der Waals surface area contributed by atoms with Gasteiger partial charge in [-0.2, -0.15) is 0 Å². The Bertz CT molecular complexity index is 517. The molecule has 0 aliphatic heterocycles. The smallest absolute Gasteiger partial charge is 0.429 e. The van der Waals surface area contributed by atoms with Gasteiger partial charge in [-0.25, -0.2) is 4.79 Å². The first kappa shape index (κ1) is 13.1. The summed E-state index contributed by atoms with van der Waals surface area (Å²) >= 11 is 0. The molecule has 0 spiro atoms. The summed E-state index contributed by atoms with van der Waals surface area (Å²) in [6, 6.07) is 16.8. The lowest BCUT2D eigenvalue weighted by Crippen LogP contribution is -2.10. The molecule has 0 aromatic heterocycles. The van der Waals surface area contributed by atoms with Crippen LogP contribution in [-0.4, -0.2) is 6.16 Å². The molecule has 0 radical (unpaired) electrons. The van der Waals surface area contributed by atoms with Crippen LogP contribution in [0.25, 0.3) is 0 Å². The van der Waals surface area contributed by atoms with E-state index in [4.69, 9.17) is 9.47 Å². The Kier molecular flexibility index (Phi) is 4.56. The van der Waals surface area contributed by atoms with Crippen molar-refractivity contribution in [1.82, 2.24) is 0 Å². The number of benzene rings is 2. The average molecular weight is 256 g/mol. The average Bonchev–Trinajstić information content (AvgIpc) is 2.47. The minimum atomic E-state index is -0.689. The van der Waals surface area contributed by atoms with E-state index in [0.717, 1.165) is 12.0 Å². The maximum atomic E-state index is 11.5. The molecule has 0 unspecified atom stereocenters. The highest BCUT2D eigenvalue weighted by atomic mass is 16.7. The van der Waals surface area contributed by atoms with Gasteiger partial charge in [-0.1, -0.05) is 49.4 Å². The lowest BCUT2D eigenvalue weighted by molar-refractivity contribution is 0.0928. The topological polar surface area (TPSA) is 35.5 Å². The van der Waals surface area contributed by atoms with Gasteiger partial charge in [0.05, 0.1) is 0 Å². The second kappa shape index (κ2) is 6.59. The Balaban J connectivity index is 1.83. The van der Waals surface area contributed by atoms with Gasteiger partial charge in [0.2, 0.25) is 0 Å². The van der Waals surface area contributed by atoms with E-state index in [1.807, 2.05) is 30.3 Å². The summed E-state index contributed by atoms with van der Waals surface area (Å²) < 4.78 is 10.1. The maximum Gasteiger partial charge on any atom is 0.514 e.